The summed E-state index contributed by atoms with van der Waals surface area (Å²) >= 11 is 0. The first kappa shape index (κ1) is 20.4. The van der Waals surface area contributed by atoms with Crippen LogP contribution in [0.15, 0.2) is 72.9 Å². The van der Waals surface area contributed by atoms with Gasteiger partial charge in [-0.15, -0.1) is 0 Å². The van der Waals surface area contributed by atoms with Gasteiger partial charge in [-0.1, -0.05) is 31.2 Å². The number of ether oxygens (including phenoxy) is 1. The number of nitrogens with two attached hydrogens (primary N) is 1. The third kappa shape index (κ3) is 4.18. The molecule has 0 aliphatic heterocycles. The monoisotopic (exact) mass is 438 g/mol. The first-order chi connectivity index (χ1) is 16.1. The summed E-state index contributed by atoms with van der Waals surface area (Å²) in [6, 6.07) is 21.1. The molecule has 0 spiro atoms. The van der Waals surface area contributed by atoms with Gasteiger partial charge in [-0.3, -0.25) is 9.89 Å². The topological polar surface area (TPSA) is 119 Å². The zero-order chi connectivity index (χ0) is 22.8. The molecule has 164 valence electrons. The quantitative estimate of drug-likeness (QED) is 0.343. The van der Waals surface area contributed by atoms with Gasteiger partial charge in [-0.05, 0) is 48.9 Å². The van der Waals surface area contributed by atoms with E-state index in [1.54, 1.807) is 12.3 Å². The van der Waals surface area contributed by atoms with Crippen molar-refractivity contribution in [2.24, 2.45) is 5.73 Å². The van der Waals surface area contributed by atoms with E-state index in [2.05, 4.69) is 15.5 Å². The molecule has 0 saturated carbocycles. The van der Waals surface area contributed by atoms with E-state index in [4.69, 9.17) is 20.4 Å². The number of nitrogens with one attached hydrogen (secondary N) is 2. The average molecular weight is 438 g/mol. The van der Waals surface area contributed by atoms with Crippen LogP contribution in [0.4, 0.5) is 11.5 Å². The van der Waals surface area contributed by atoms with Crippen LogP contribution in [0.1, 0.15) is 13.3 Å². The van der Waals surface area contributed by atoms with Crippen LogP contribution in [0, 0.1) is 0 Å². The lowest BCUT2D eigenvalue weighted by atomic mass is 10.1. The predicted molar refractivity (Wildman–Crippen MR) is 128 cm³/mol. The summed E-state index contributed by atoms with van der Waals surface area (Å²) in [4.78, 5) is 21.1. The molecule has 1 amide bonds. The number of para-hydroxylation sites is 1. The van der Waals surface area contributed by atoms with Crippen molar-refractivity contribution in [2.75, 3.05) is 5.32 Å². The van der Waals surface area contributed by atoms with Crippen LogP contribution in [0.3, 0.4) is 0 Å². The first-order valence-corrected chi connectivity index (χ1v) is 10.6. The minimum atomic E-state index is -0.687. The lowest BCUT2D eigenvalue weighted by Crippen LogP contribution is -2.32. The molecular weight excluding hydrogens is 416 g/mol. The lowest BCUT2D eigenvalue weighted by Gasteiger charge is -2.15. The molecule has 2 heterocycles. The number of hydrogen-bond acceptors (Lipinski definition) is 6. The Kier molecular flexibility index (Phi) is 5.32. The highest BCUT2D eigenvalue weighted by atomic mass is 16.5. The Morgan fingerprint density at radius 1 is 1.09 bits per heavy atom. The van der Waals surface area contributed by atoms with E-state index in [-0.39, 0.29) is 0 Å². The summed E-state index contributed by atoms with van der Waals surface area (Å²) in [5.74, 6) is 1.27. The Morgan fingerprint density at radius 3 is 2.82 bits per heavy atom. The number of H-pyrrole nitrogens is 1. The Balaban J connectivity index is 1.54. The summed E-state index contributed by atoms with van der Waals surface area (Å²) in [5.41, 5.74) is 8.86. The number of nitrogens with zero attached hydrogens (tertiary/aromatic N) is 3. The van der Waals surface area contributed by atoms with Crippen LogP contribution in [0.2, 0.25) is 0 Å². The number of primary amides is 1. The third-order valence-electron chi connectivity index (χ3n) is 5.36. The minimum Gasteiger partial charge on any atom is -0.481 e. The average Bonchev–Trinajstić information content (AvgIpc) is 3.30. The van der Waals surface area contributed by atoms with Crippen molar-refractivity contribution in [3.8, 4) is 17.1 Å². The van der Waals surface area contributed by atoms with Crippen molar-refractivity contribution in [1.29, 1.82) is 0 Å². The normalized spacial score (nSPS) is 12.0. The summed E-state index contributed by atoms with van der Waals surface area (Å²) in [7, 11) is 0. The SMILES string of the molecule is CCC(Oc1cccc(-c2nc(Nc3ccc4[nH]ncc4c3)c3ccccc3n2)c1)C(N)=O. The van der Waals surface area contributed by atoms with Crippen molar-refractivity contribution in [1.82, 2.24) is 20.2 Å². The zero-order valence-electron chi connectivity index (χ0n) is 17.9. The summed E-state index contributed by atoms with van der Waals surface area (Å²) in [6.07, 6.45) is 1.58. The third-order valence-corrected chi connectivity index (χ3v) is 5.36. The number of aromatic nitrogens is 4. The zero-order valence-corrected chi connectivity index (χ0v) is 17.9. The van der Waals surface area contributed by atoms with Gasteiger partial charge in [-0.2, -0.15) is 5.10 Å². The maximum atomic E-state index is 11.6. The highest BCUT2D eigenvalue weighted by Crippen LogP contribution is 2.30. The van der Waals surface area contributed by atoms with Crippen LogP contribution >= 0.6 is 0 Å². The smallest absolute Gasteiger partial charge is 0.258 e. The summed E-state index contributed by atoms with van der Waals surface area (Å²) in [5, 5.41) is 12.4. The number of rotatable bonds is 7. The molecule has 0 saturated heterocycles. The van der Waals surface area contributed by atoms with E-state index < -0.39 is 12.0 Å². The largest absolute Gasteiger partial charge is 0.481 e. The fraction of sp³-hybridized carbons (Fsp3) is 0.120. The predicted octanol–water partition coefficient (Wildman–Crippen LogP) is 4.56. The number of carbonyl (C=O) groups excluding carboxylic acids is 1. The molecule has 8 heteroatoms. The van der Waals surface area contributed by atoms with Gasteiger partial charge in [0.05, 0.1) is 17.2 Å². The fourth-order valence-corrected chi connectivity index (χ4v) is 3.67. The number of hydrogen-bond donors (Lipinski definition) is 3. The molecule has 5 aromatic rings. The molecule has 0 fully saturated rings. The molecule has 0 aliphatic rings. The number of benzene rings is 3. The van der Waals surface area contributed by atoms with Crippen LogP contribution in [-0.4, -0.2) is 32.2 Å². The molecule has 4 N–H and O–H groups in total. The molecule has 1 unspecified atom stereocenters. The molecule has 33 heavy (non-hydrogen) atoms. The van der Waals surface area contributed by atoms with Crippen molar-refractivity contribution in [3.05, 3.63) is 72.9 Å². The Hall–Kier alpha value is -4.46. The van der Waals surface area contributed by atoms with Crippen molar-refractivity contribution in [3.63, 3.8) is 0 Å². The molecular formula is C25H22N6O2. The Bertz CT molecular complexity index is 1460. The number of fused-ring (bicyclic) bond motifs is 2. The number of carbonyl (C=O) groups is 1. The molecule has 0 bridgehead atoms. The van der Waals surface area contributed by atoms with Crippen LogP contribution in [0.25, 0.3) is 33.2 Å². The highest BCUT2D eigenvalue weighted by Gasteiger charge is 2.16. The Labute approximate surface area is 189 Å². The van der Waals surface area contributed by atoms with Crippen LogP contribution in [0.5, 0.6) is 5.75 Å². The maximum absolute atomic E-state index is 11.6. The van der Waals surface area contributed by atoms with E-state index in [0.717, 1.165) is 33.1 Å². The fourth-order valence-electron chi connectivity index (χ4n) is 3.67. The lowest BCUT2D eigenvalue weighted by molar-refractivity contribution is -0.124. The molecule has 0 aliphatic carbocycles. The van der Waals surface area contributed by atoms with Crippen molar-refractivity contribution >= 4 is 39.2 Å². The number of amides is 1. The highest BCUT2D eigenvalue weighted by molar-refractivity contribution is 5.93. The van der Waals surface area contributed by atoms with Crippen LogP contribution in [-0.2, 0) is 4.79 Å². The molecule has 3 aromatic carbocycles. The summed E-state index contributed by atoms with van der Waals surface area (Å²) in [6.45, 7) is 1.85. The van der Waals surface area contributed by atoms with Crippen molar-refractivity contribution in [2.45, 2.75) is 19.4 Å². The standard InChI is InChI=1S/C25H22N6O2/c1-2-22(23(26)32)33-18-7-5-6-15(13-18)24-29-21-9-4-3-8-19(21)25(30-24)28-17-10-11-20-16(12-17)14-27-31-20/h3-14,22H,2H2,1H3,(H2,26,32)(H,27,31)(H,28,29,30). The van der Waals surface area contributed by atoms with Crippen LogP contribution < -0.4 is 15.8 Å². The van der Waals surface area contributed by atoms with Gasteiger partial charge >= 0.3 is 0 Å². The summed E-state index contributed by atoms with van der Waals surface area (Å²) < 4.78 is 5.78. The molecule has 8 nitrogen and oxygen atoms in total. The van der Waals surface area contributed by atoms with Gasteiger partial charge in [0.15, 0.2) is 11.9 Å². The molecule has 0 radical (unpaired) electrons. The minimum absolute atomic E-state index is 0.487. The van der Waals surface area contributed by atoms with Crippen molar-refractivity contribution < 1.29 is 9.53 Å². The van der Waals surface area contributed by atoms with Gasteiger partial charge in [0.25, 0.3) is 5.91 Å². The van der Waals surface area contributed by atoms with E-state index in [0.29, 0.717) is 23.8 Å². The molecule has 5 rings (SSSR count). The van der Waals surface area contributed by atoms with Gasteiger partial charge in [-0.25, -0.2) is 9.97 Å². The van der Waals surface area contributed by atoms with Gasteiger partial charge in [0.1, 0.15) is 11.6 Å². The van der Waals surface area contributed by atoms with Gasteiger partial charge in [0.2, 0.25) is 0 Å². The van der Waals surface area contributed by atoms with Gasteiger partial charge < -0.3 is 15.8 Å². The van der Waals surface area contributed by atoms with E-state index in [1.807, 2.05) is 67.6 Å². The first-order valence-electron chi connectivity index (χ1n) is 10.6. The van der Waals surface area contributed by atoms with Gasteiger partial charge in [0, 0.05) is 22.0 Å². The van der Waals surface area contributed by atoms with E-state index >= 15 is 0 Å². The van der Waals surface area contributed by atoms with E-state index in [1.165, 1.54) is 0 Å². The second kappa shape index (κ2) is 8.58. The molecule has 1 atom stereocenters. The second-order valence-electron chi connectivity index (χ2n) is 7.65. The Morgan fingerprint density at radius 2 is 1.97 bits per heavy atom. The molecule has 2 aromatic heterocycles. The maximum Gasteiger partial charge on any atom is 0.258 e. The second-order valence-corrected chi connectivity index (χ2v) is 7.65. The number of anilines is 2. The number of aromatic amines is 1. The van der Waals surface area contributed by atoms with E-state index in [9.17, 15) is 4.79 Å².